The number of nitrogens with one attached hydrogen (secondary N) is 1. The van der Waals surface area contributed by atoms with Crippen LogP contribution in [-0.2, 0) is 4.74 Å². The molecule has 0 spiro atoms. The van der Waals surface area contributed by atoms with Crippen molar-refractivity contribution in [3.05, 3.63) is 26.5 Å². The summed E-state index contributed by atoms with van der Waals surface area (Å²) >= 11 is 0. The van der Waals surface area contributed by atoms with Crippen LogP contribution in [0.1, 0.15) is 18.3 Å². The lowest BCUT2D eigenvalue weighted by atomic mass is 10.0. The number of aromatic nitrogens is 3. The maximum atomic E-state index is 11.6. The van der Waals surface area contributed by atoms with Crippen molar-refractivity contribution < 1.29 is 20.1 Å². The molecule has 9 heteroatoms. The van der Waals surface area contributed by atoms with Crippen molar-refractivity contribution in [2.24, 2.45) is 0 Å². The summed E-state index contributed by atoms with van der Waals surface area (Å²) in [5.41, 5.74) is -1.30. The molecule has 0 aliphatic carbocycles. The highest BCUT2D eigenvalue weighted by atomic mass is 16.5. The van der Waals surface area contributed by atoms with Crippen molar-refractivity contribution in [2.75, 3.05) is 6.61 Å². The fourth-order valence-electron chi connectivity index (χ4n) is 1.93. The molecule has 19 heavy (non-hydrogen) atoms. The monoisotopic (exact) mass is 273 g/mol. The lowest BCUT2D eigenvalue weighted by Gasteiger charge is -2.36. The zero-order chi connectivity index (χ0) is 14.2. The molecule has 0 amide bonds. The van der Waals surface area contributed by atoms with Crippen molar-refractivity contribution in [3.8, 4) is 0 Å². The summed E-state index contributed by atoms with van der Waals surface area (Å²) in [5.74, 6) is 0. The van der Waals surface area contributed by atoms with E-state index in [0.717, 1.165) is 4.68 Å². The van der Waals surface area contributed by atoms with E-state index in [1.165, 1.54) is 6.92 Å². The number of nitrogens with zero attached hydrogens (tertiary/aromatic N) is 2. The van der Waals surface area contributed by atoms with Gasteiger partial charge in [-0.25, -0.2) is 4.79 Å². The molecule has 0 bridgehead atoms. The van der Waals surface area contributed by atoms with E-state index in [9.17, 15) is 19.8 Å². The fraction of sp³-hybridized carbons (Fsp3) is 0.700. The minimum absolute atomic E-state index is 0.0734. The van der Waals surface area contributed by atoms with Crippen LogP contribution in [0.25, 0.3) is 0 Å². The first kappa shape index (κ1) is 13.9. The SMILES string of the molecule is Cc1nn([C@H]2C[C@@H](O)[C@H](O)[C@@H](CO)O2)c(=O)[nH]c1=O. The Hall–Kier alpha value is -1.55. The summed E-state index contributed by atoms with van der Waals surface area (Å²) in [6.07, 6.45) is -4.44. The molecule has 1 aliphatic heterocycles. The van der Waals surface area contributed by atoms with Gasteiger partial charge in [0, 0.05) is 6.42 Å². The smallest absolute Gasteiger partial charge is 0.347 e. The number of hydrogen-bond donors (Lipinski definition) is 4. The van der Waals surface area contributed by atoms with E-state index in [1.54, 1.807) is 0 Å². The minimum atomic E-state index is -1.24. The topological polar surface area (TPSA) is 138 Å². The van der Waals surface area contributed by atoms with Gasteiger partial charge in [0.05, 0.1) is 12.7 Å². The molecule has 2 rings (SSSR count). The maximum absolute atomic E-state index is 11.6. The number of aliphatic hydroxyl groups excluding tert-OH is 3. The molecule has 9 nitrogen and oxygen atoms in total. The van der Waals surface area contributed by atoms with Gasteiger partial charge in [-0.15, -0.1) is 0 Å². The molecule has 0 unspecified atom stereocenters. The van der Waals surface area contributed by atoms with E-state index >= 15 is 0 Å². The highest BCUT2D eigenvalue weighted by molar-refractivity contribution is 4.90. The third kappa shape index (κ3) is 2.59. The number of ether oxygens (including phenoxy) is 1. The van der Waals surface area contributed by atoms with Gasteiger partial charge >= 0.3 is 5.69 Å². The van der Waals surface area contributed by atoms with Crippen molar-refractivity contribution in [1.82, 2.24) is 14.8 Å². The van der Waals surface area contributed by atoms with Crippen molar-refractivity contribution >= 4 is 0 Å². The predicted molar refractivity (Wildman–Crippen MR) is 61.5 cm³/mol. The Labute approximate surface area is 107 Å². The van der Waals surface area contributed by atoms with Crippen LogP contribution >= 0.6 is 0 Å². The molecule has 2 heterocycles. The molecule has 1 aromatic rings. The normalized spacial score (nSPS) is 31.4. The largest absolute Gasteiger partial charge is 0.394 e. The van der Waals surface area contributed by atoms with Crippen LogP contribution in [0.5, 0.6) is 0 Å². The second kappa shape index (κ2) is 5.21. The zero-order valence-corrected chi connectivity index (χ0v) is 10.2. The van der Waals surface area contributed by atoms with Gasteiger partial charge in [0.2, 0.25) is 0 Å². The van der Waals surface area contributed by atoms with Crippen molar-refractivity contribution in [1.29, 1.82) is 0 Å². The van der Waals surface area contributed by atoms with Crippen LogP contribution in [0.3, 0.4) is 0 Å². The molecular weight excluding hydrogens is 258 g/mol. The summed E-state index contributed by atoms with van der Waals surface area (Å²) in [6, 6.07) is 0. The number of H-pyrrole nitrogens is 1. The van der Waals surface area contributed by atoms with E-state index < -0.39 is 42.4 Å². The van der Waals surface area contributed by atoms with Gasteiger partial charge in [-0.3, -0.25) is 9.78 Å². The first-order valence-electron chi connectivity index (χ1n) is 5.76. The lowest BCUT2D eigenvalue weighted by Crippen LogP contribution is -2.50. The zero-order valence-electron chi connectivity index (χ0n) is 10.2. The number of aliphatic hydroxyl groups is 3. The second-order valence-corrected chi connectivity index (χ2v) is 4.39. The number of aromatic amines is 1. The maximum Gasteiger partial charge on any atom is 0.347 e. The Morgan fingerprint density at radius 2 is 2.16 bits per heavy atom. The van der Waals surface area contributed by atoms with E-state index in [-0.39, 0.29) is 12.1 Å². The Morgan fingerprint density at radius 1 is 1.47 bits per heavy atom. The molecule has 4 atom stereocenters. The summed E-state index contributed by atoms with van der Waals surface area (Å²) in [6.45, 7) is 0.915. The van der Waals surface area contributed by atoms with E-state index in [4.69, 9.17) is 9.84 Å². The molecule has 1 aromatic heterocycles. The van der Waals surface area contributed by atoms with Gasteiger partial charge in [0.15, 0.2) is 6.23 Å². The number of rotatable bonds is 2. The molecule has 0 aromatic carbocycles. The summed E-state index contributed by atoms with van der Waals surface area (Å²) in [7, 11) is 0. The summed E-state index contributed by atoms with van der Waals surface area (Å²) in [4.78, 5) is 24.9. The van der Waals surface area contributed by atoms with Gasteiger partial charge in [-0.05, 0) is 6.92 Å². The highest BCUT2D eigenvalue weighted by Crippen LogP contribution is 2.25. The second-order valence-electron chi connectivity index (χ2n) is 4.39. The molecule has 0 radical (unpaired) electrons. The molecular formula is C10H15N3O6. The molecule has 106 valence electrons. The van der Waals surface area contributed by atoms with Gasteiger partial charge < -0.3 is 20.1 Å². The van der Waals surface area contributed by atoms with Crippen LogP contribution in [-0.4, -0.2) is 55.0 Å². The first-order valence-corrected chi connectivity index (χ1v) is 5.76. The number of hydrogen-bond acceptors (Lipinski definition) is 7. The predicted octanol–water partition coefficient (Wildman–Crippen LogP) is -2.76. The van der Waals surface area contributed by atoms with Crippen molar-refractivity contribution in [2.45, 2.75) is 37.9 Å². The first-order chi connectivity index (χ1) is 8.93. The Bertz CT molecular complexity index is 567. The van der Waals surface area contributed by atoms with E-state index in [2.05, 4.69) is 10.1 Å². The lowest BCUT2D eigenvalue weighted by molar-refractivity contribution is -0.205. The van der Waals surface area contributed by atoms with Crippen molar-refractivity contribution in [3.63, 3.8) is 0 Å². The van der Waals surface area contributed by atoms with Gasteiger partial charge in [-0.1, -0.05) is 0 Å². The van der Waals surface area contributed by atoms with Gasteiger partial charge in [0.25, 0.3) is 5.56 Å². The Balaban J connectivity index is 2.35. The van der Waals surface area contributed by atoms with Crippen LogP contribution in [0.4, 0.5) is 0 Å². The Morgan fingerprint density at radius 3 is 2.79 bits per heavy atom. The minimum Gasteiger partial charge on any atom is -0.394 e. The van der Waals surface area contributed by atoms with E-state index in [1.807, 2.05) is 0 Å². The van der Waals surface area contributed by atoms with Crippen LogP contribution in [0.15, 0.2) is 9.59 Å². The van der Waals surface area contributed by atoms with Crippen LogP contribution < -0.4 is 11.2 Å². The number of aryl methyl sites for hydroxylation is 1. The summed E-state index contributed by atoms with van der Waals surface area (Å²) in [5, 5.41) is 32.1. The molecule has 1 saturated heterocycles. The fourth-order valence-corrected chi connectivity index (χ4v) is 1.93. The van der Waals surface area contributed by atoms with Crippen LogP contribution in [0.2, 0.25) is 0 Å². The highest BCUT2D eigenvalue weighted by Gasteiger charge is 2.38. The molecule has 1 aliphatic rings. The third-order valence-corrected chi connectivity index (χ3v) is 3.02. The summed E-state index contributed by atoms with van der Waals surface area (Å²) < 4.78 is 6.18. The van der Waals surface area contributed by atoms with Crippen LogP contribution in [0, 0.1) is 6.92 Å². The molecule has 4 N–H and O–H groups in total. The van der Waals surface area contributed by atoms with Gasteiger partial charge in [-0.2, -0.15) is 9.78 Å². The third-order valence-electron chi connectivity index (χ3n) is 3.02. The quantitative estimate of drug-likeness (QED) is 0.458. The standard InChI is InChI=1S/C10H15N3O6/c1-4-9(17)11-10(18)13(12-4)7-2-5(15)8(16)6(3-14)19-7/h5-8,14-16H,2-3H2,1H3,(H,11,17,18)/t5-,6-,7-,8+/m1/s1. The van der Waals surface area contributed by atoms with E-state index in [0.29, 0.717) is 0 Å². The molecule has 0 saturated carbocycles. The van der Waals surface area contributed by atoms with Gasteiger partial charge in [0.1, 0.15) is 17.9 Å². The Kier molecular flexibility index (Phi) is 3.80. The average molecular weight is 273 g/mol. The molecule has 1 fully saturated rings. The average Bonchev–Trinajstić information content (AvgIpc) is 2.37.